The van der Waals surface area contributed by atoms with Crippen molar-refractivity contribution in [1.29, 1.82) is 0 Å². The number of hydrogen-bond acceptors (Lipinski definition) is 11. The highest BCUT2D eigenvalue weighted by atomic mass is 19.1. The number of phenols is 3. The van der Waals surface area contributed by atoms with Gasteiger partial charge in [-0.05, 0) is 103 Å². The molecule has 5 N–H and O–H groups in total. The molecule has 13 nitrogen and oxygen atoms in total. The molecule has 6 aromatic carbocycles. The predicted molar refractivity (Wildman–Crippen MR) is 245 cm³/mol. The van der Waals surface area contributed by atoms with E-state index in [0.29, 0.717) is 83.0 Å². The number of carbonyl (C=O) groups is 2. The van der Waals surface area contributed by atoms with E-state index in [1.165, 1.54) is 30.3 Å². The zero-order valence-electron chi connectivity index (χ0n) is 35.9. The minimum atomic E-state index is -1.48. The lowest BCUT2D eigenvalue weighted by Gasteiger charge is -2.36. The Morgan fingerprint density at radius 3 is 2.13 bits per heavy atom. The van der Waals surface area contributed by atoms with Gasteiger partial charge in [-0.15, -0.1) is 0 Å². The molecule has 4 heterocycles. The van der Waals surface area contributed by atoms with E-state index in [9.17, 15) is 30.0 Å². The van der Waals surface area contributed by atoms with E-state index < -0.39 is 17.4 Å². The highest BCUT2D eigenvalue weighted by Crippen LogP contribution is 2.57. The van der Waals surface area contributed by atoms with Crippen LogP contribution in [0.5, 0.6) is 40.4 Å². The molecule has 0 saturated carbocycles. The summed E-state index contributed by atoms with van der Waals surface area (Å²) in [6.07, 6.45) is 5.26. The number of unbranched alkanes of at least 4 members (excludes halogenated alkanes) is 3. The summed E-state index contributed by atoms with van der Waals surface area (Å²) in [5.41, 5.74) is 4.99. The number of benzene rings is 6. The fourth-order valence-corrected chi connectivity index (χ4v) is 8.81. The van der Waals surface area contributed by atoms with Gasteiger partial charge in [0.15, 0.2) is 22.8 Å². The summed E-state index contributed by atoms with van der Waals surface area (Å²) in [6.45, 7) is 0.697. The summed E-state index contributed by atoms with van der Waals surface area (Å²) >= 11 is 0. The maximum atomic E-state index is 15.4. The summed E-state index contributed by atoms with van der Waals surface area (Å²) in [5, 5.41) is 44.6. The number of carbonyl (C=O) groups excluding carboxylic acids is 2. The van der Waals surface area contributed by atoms with Crippen LogP contribution in [0, 0.1) is 5.82 Å². The lowest BCUT2D eigenvalue weighted by atomic mass is 9.77. The number of rotatable bonds is 14. The molecule has 0 fully saturated rings. The fourth-order valence-electron chi connectivity index (χ4n) is 8.81. The van der Waals surface area contributed by atoms with Crippen molar-refractivity contribution < 1.29 is 48.6 Å². The van der Waals surface area contributed by atoms with Crippen LogP contribution in [0.4, 0.5) is 4.39 Å². The molecular formula is C53H43FN4O9. The topological polar surface area (TPSA) is 185 Å². The van der Waals surface area contributed by atoms with Crippen LogP contribution in [0.3, 0.4) is 0 Å². The maximum absolute atomic E-state index is 15.4. The summed E-state index contributed by atoms with van der Waals surface area (Å²) in [6, 6.07) is 35.0. The largest absolute Gasteiger partial charge is 0.508 e. The van der Waals surface area contributed by atoms with Crippen molar-refractivity contribution in [2.75, 3.05) is 13.2 Å². The first kappa shape index (κ1) is 42.6. The molecule has 0 saturated heterocycles. The van der Waals surface area contributed by atoms with Gasteiger partial charge >= 0.3 is 5.97 Å². The monoisotopic (exact) mass is 898 g/mol. The maximum Gasteiger partial charge on any atom is 0.340 e. The molecule has 0 aliphatic carbocycles. The lowest BCUT2D eigenvalue weighted by molar-refractivity contribution is 0.0224. The van der Waals surface area contributed by atoms with Crippen LogP contribution in [0.25, 0.3) is 16.9 Å². The van der Waals surface area contributed by atoms with Gasteiger partial charge in [-0.25, -0.2) is 19.2 Å². The number of nitrogens with zero attached hydrogens (tertiary/aromatic N) is 3. The van der Waals surface area contributed by atoms with Gasteiger partial charge in [0, 0.05) is 65.5 Å². The lowest BCUT2D eigenvalue weighted by Crippen LogP contribution is -2.33. The van der Waals surface area contributed by atoms with Gasteiger partial charge in [0.05, 0.1) is 23.6 Å². The molecule has 10 rings (SSSR count). The molecule has 1 amide bonds. The normalized spacial score (nSPS) is 13.1. The van der Waals surface area contributed by atoms with E-state index >= 15 is 4.39 Å². The SMILES string of the molecule is O=C(NCCCCCCOc1ccc(Cc2nc3c(Cc4ccccc4)nc(-c4ccc(O)cc4)cn3c2O)cc1F)c1ccc2c(c1)C1(OC2=O)c2ccc(O)cc2Oc2cc(O)ccc21. The van der Waals surface area contributed by atoms with Gasteiger partial charge in [-0.3, -0.25) is 9.20 Å². The zero-order chi connectivity index (χ0) is 46.2. The molecule has 0 atom stereocenters. The van der Waals surface area contributed by atoms with Crippen molar-refractivity contribution in [3.05, 3.63) is 190 Å². The summed E-state index contributed by atoms with van der Waals surface area (Å²) < 4.78 is 34.9. The highest BCUT2D eigenvalue weighted by molar-refractivity contribution is 6.00. The van der Waals surface area contributed by atoms with Gasteiger partial charge in [-0.1, -0.05) is 49.2 Å². The minimum Gasteiger partial charge on any atom is -0.508 e. The van der Waals surface area contributed by atoms with Crippen molar-refractivity contribution in [2.45, 2.75) is 44.1 Å². The second kappa shape index (κ2) is 17.5. The number of amides is 1. The number of phenolic OH excluding ortho intramolecular Hbond substituents is 3. The fraction of sp³-hybridized carbons (Fsp3) is 0.170. The summed E-state index contributed by atoms with van der Waals surface area (Å²) in [5.74, 6) is -0.883. The molecule has 2 aromatic heterocycles. The number of ether oxygens (including phenoxy) is 3. The number of halogens is 1. The van der Waals surface area contributed by atoms with Gasteiger partial charge in [0.1, 0.15) is 34.4 Å². The minimum absolute atomic E-state index is 0.0575. The Morgan fingerprint density at radius 1 is 0.701 bits per heavy atom. The molecule has 8 aromatic rings. The van der Waals surface area contributed by atoms with E-state index in [-0.39, 0.29) is 58.3 Å². The number of nitrogens with one attached hydrogen (secondary N) is 1. The Balaban J connectivity index is 0.734. The third-order valence-corrected chi connectivity index (χ3v) is 12.1. The van der Waals surface area contributed by atoms with Crippen LogP contribution in [0.2, 0.25) is 0 Å². The van der Waals surface area contributed by atoms with Crippen molar-refractivity contribution >= 4 is 17.5 Å². The van der Waals surface area contributed by atoms with Gasteiger partial charge in [0.25, 0.3) is 5.91 Å². The van der Waals surface area contributed by atoms with E-state index in [0.717, 1.165) is 24.0 Å². The molecule has 2 aliphatic rings. The molecule has 336 valence electrons. The predicted octanol–water partition coefficient (Wildman–Crippen LogP) is 9.48. The summed E-state index contributed by atoms with van der Waals surface area (Å²) in [4.78, 5) is 36.4. The van der Waals surface area contributed by atoms with Crippen LogP contribution in [-0.2, 0) is 23.2 Å². The Bertz CT molecular complexity index is 3160. The standard InChI is InChI=1S/C53H43FN4O9/c54-42-24-32(26-44-51(63)58-30-45(33-11-14-35(59)15-12-33)56-43(49(58)57-44)25-31-8-4-3-5-9-31)10-21-46(42)65-23-7-2-1-6-22-55-50(62)34-13-18-38-41(27-34)53(67-52(38)64)39-19-16-36(60)28-47(39)66-48-29-37(61)17-20-40(48)53/h3-5,8-21,24,27-30,59-61,63H,1-2,6-7,22-23,25-26H2,(H,55,62). The van der Waals surface area contributed by atoms with E-state index in [4.69, 9.17) is 24.2 Å². The second-order valence-electron chi connectivity index (χ2n) is 16.6. The van der Waals surface area contributed by atoms with Crippen LogP contribution >= 0.6 is 0 Å². The van der Waals surface area contributed by atoms with Crippen molar-refractivity contribution in [2.24, 2.45) is 0 Å². The van der Waals surface area contributed by atoms with Gasteiger partial charge in [0.2, 0.25) is 5.88 Å². The first-order valence-electron chi connectivity index (χ1n) is 21.9. The van der Waals surface area contributed by atoms with Crippen LogP contribution in [0.1, 0.15) is 85.6 Å². The number of aromatic hydroxyl groups is 4. The van der Waals surface area contributed by atoms with Crippen molar-refractivity contribution in [3.63, 3.8) is 0 Å². The first-order valence-corrected chi connectivity index (χ1v) is 21.9. The molecule has 0 bridgehead atoms. The number of fused-ring (bicyclic) bond motifs is 7. The van der Waals surface area contributed by atoms with Crippen molar-refractivity contribution in [3.8, 4) is 51.6 Å². The van der Waals surface area contributed by atoms with Gasteiger partial charge < -0.3 is 40.0 Å². The highest BCUT2D eigenvalue weighted by Gasteiger charge is 2.54. The molecular weight excluding hydrogens is 856 g/mol. The van der Waals surface area contributed by atoms with Gasteiger partial charge in [-0.2, -0.15) is 0 Å². The smallest absolute Gasteiger partial charge is 0.340 e. The third kappa shape index (κ3) is 8.18. The molecule has 67 heavy (non-hydrogen) atoms. The van der Waals surface area contributed by atoms with E-state index in [1.807, 2.05) is 30.3 Å². The van der Waals surface area contributed by atoms with E-state index in [2.05, 4.69) is 5.32 Å². The number of imidazole rings is 1. The average molecular weight is 899 g/mol. The Labute approximate surface area is 383 Å². The zero-order valence-corrected chi connectivity index (χ0v) is 35.9. The number of hydrogen-bond donors (Lipinski definition) is 5. The number of esters is 1. The molecule has 1 spiro atoms. The Hall–Kier alpha value is -8.39. The molecule has 14 heteroatoms. The van der Waals surface area contributed by atoms with Crippen LogP contribution < -0.4 is 14.8 Å². The second-order valence-corrected chi connectivity index (χ2v) is 16.6. The third-order valence-electron chi connectivity index (χ3n) is 12.1. The number of aromatic nitrogens is 3. The van der Waals surface area contributed by atoms with Crippen LogP contribution in [-0.4, -0.2) is 59.8 Å². The first-order chi connectivity index (χ1) is 32.5. The van der Waals surface area contributed by atoms with Crippen molar-refractivity contribution in [1.82, 2.24) is 19.7 Å². The van der Waals surface area contributed by atoms with E-state index in [1.54, 1.807) is 77.3 Å². The summed E-state index contributed by atoms with van der Waals surface area (Å²) in [7, 11) is 0. The van der Waals surface area contributed by atoms with Crippen LogP contribution in [0.15, 0.2) is 134 Å². The quantitative estimate of drug-likeness (QED) is 0.0517. The molecule has 0 unspecified atom stereocenters. The molecule has 0 radical (unpaired) electrons. The Kier molecular flexibility index (Phi) is 11.1. The average Bonchev–Trinajstić information content (AvgIpc) is 3.79. The Morgan fingerprint density at radius 2 is 1.40 bits per heavy atom. The molecule has 2 aliphatic heterocycles.